The third-order valence-corrected chi connectivity index (χ3v) is 5.24. The second-order valence-corrected chi connectivity index (χ2v) is 7.88. The molecule has 2 heterocycles. The predicted molar refractivity (Wildman–Crippen MR) is 77.7 cm³/mol. The van der Waals surface area contributed by atoms with Crippen LogP contribution in [0, 0.1) is 0 Å². The number of aromatic nitrogens is 2. The first-order valence-corrected chi connectivity index (χ1v) is 8.25. The third kappa shape index (κ3) is 3.31. The summed E-state index contributed by atoms with van der Waals surface area (Å²) >= 11 is 0. The molecule has 0 aliphatic carbocycles. The second-order valence-electron chi connectivity index (χ2n) is 6.20. The largest absolute Gasteiger partial charge is 0.383 e. The van der Waals surface area contributed by atoms with Crippen LogP contribution in [0.15, 0.2) is 11.1 Å². The van der Waals surface area contributed by atoms with Gasteiger partial charge in [0.05, 0.1) is 6.20 Å². The predicted octanol–water partition coefficient (Wildman–Crippen LogP) is 0.533. The number of likely N-dealkylation sites (tertiary alicyclic amines) is 1. The van der Waals surface area contributed by atoms with Gasteiger partial charge in [0, 0.05) is 24.7 Å². The molecule has 114 valence electrons. The fourth-order valence-corrected chi connectivity index (χ4v) is 3.78. The van der Waals surface area contributed by atoms with Crippen molar-refractivity contribution in [2.24, 2.45) is 0 Å². The number of sulfonamides is 1. The van der Waals surface area contributed by atoms with Crippen LogP contribution < -0.4 is 10.5 Å². The molecule has 0 amide bonds. The lowest BCUT2D eigenvalue weighted by Gasteiger charge is -2.40. The lowest BCUT2D eigenvalue weighted by Crippen LogP contribution is -2.50. The second kappa shape index (κ2) is 5.34. The fourth-order valence-electron chi connectivity index (χ4n) is 2.45. The van der Waals surface area contributed by atoms with E-state index in [4.69, 9.17) is 5.73 Å². The number of H-pyrrole nitrogens is 1. The molecule has 4 N–H and O–H groups in total. The quantitative estimate of drug-likeness (QED) is 0.755. The van der Waals surface area contributed by atoms with Gasteiger partial charge in [-0.3, -0.25) is 10.00 Å². The Morgan fingerprint density at radius 1 is 1.40 bits per heavy atom. The first-order valence-electron chi connectivity index (χ1n) is 6.76. The number of nitrogen functional groups attached to an aromatic ring is 1. The average molecular weight is 301 g/mol. The van der Waals surface area contributed by atoms with E-state index in [1.165, 1.54) is 6.20 Å². The van der Waals surface area contributed by atoms with Gasteiger partial charge in [-0.1, -0.05) is 0 Å². The summed E-state index contributed by atoms with van der Waals surface area (Å²) < 4.78 is 27.1. The van der Waals surface area contributed by atoms with E-state index < -0.39 is 10.0 Å². The summed E-state index contributed by atoms with van der Waals surface area (Å²) in [6.07, 6.45) is 2.84. The average Bonchev–Trinajstić information content (AvgIpc) is 2.75. The third-order valence-electron chi connectivity index (χ3n) is 3.69. The van der Waals surface area contributed by atoms with Crippen molar-refractivity contribution in [1.82, 2.24) is 19.8 Å². The van der Waals surface area contributed by atoms with Gasteiger partial charge in [-0.05, 0) is 33.6 Å². The molecular weight excluding hydrogens is 278 g/mol. The van der Waals surface area contributed by atoms with Gasteiger partial charge in [0.15, 0.2) is 0 Å². The van der Waals surface area contributed by atoms with E-state index in [-0.39, 0.29) is 22.3 Å². The molecule has 20 heavy (non-hydrogen) atoms. The molecule has 0 bridgehead atoms. The van der Waals surface area contributed by atoms with Crippen molar-refractivity contribution < 1.29 is 8.42 Å². The van der Waals surface area contributed by atoms with Gasteiger partial charge in [-0.15, -0.1) is 0 Å². The van der Waals surface area contributed by atoms with Crippen molar-refractivity contribution in [2.75, 3.05) is 18.8 Å². The van der Waals surface area contributed by atoms with Crippen molar-refractivity contribution in [3.05, 3.63) is 6.20 Å². The highest BCUT2D eigenvalue weighted by atomic mass is 32.2. The van der Waals surface area contributed by atoms with Crippen LogP contribution >= 0.6 is 0 Å². The Morgan fingerprint density at radius 2 is 2.00 bits per heavy atom. The van der Waals surface area contributed by atoms with E-state index in [0.717, 1.165) is 25.9 Å². The molecule has 0 saturated carbocycles. The number of nitrogens with one attached hydrogen (secondary N) is 2. The van der Waals surface area contributed by atoms with Gasteiger partial charge in [-0.25, -0.2) is 13.1 Å². The minimum Gasteiger partial charge on any atom is -0.383 e. The Labute approximate surface area is 120 Å². The standard InChI is InChI=1S/C12H23N5O2S/c1-12(2,3)17-6-4-9(5-7-17)16-20(18,19)10-8-14-15-11(10)13/h8-9,16H,4-7H2,1-3H3,(H3,13,14,15). The zero-order chi connectivity index (χ0) is 15.0. The molecule has 2 rings (SSSR count). The number of piperidine rings is 1. The highest BCUT2D eigenvalue weighted by Crippen LogP contribution is 2.22. The van der Waals surface area contributed by atoms with Crippen molar-refractivity contribution in [2.45, 2.75) is 50.1 Å². The summed E-state index contributed by atoms with van der Waals surface area (Å²) in [5.74, 6) is 0.0737. The highest BCUT2D eigenvalue weighted by Gasteiger charge is 2.30. The summed E-state index contributed by atoms with van der Waals surface area (Å²) in [6, 6.07) is -0.0482. The molecule has 1 aliphatic heterocycles. The summed E-state index contributed by atoms with van der Waals surface area (Å²) in [7, 11) is -3.59. The Morgan fingerprint density at radius 3 is 2.45 bits per heavy atom. The number of nitrogens with two attached hydrogens (primary N) is 1. The van der Waals surface area contributed by atoms with Gasteiger partial charge >= 0.3 is 0 Å². The highest BCUT2D eigenvalue weighted by molar-refractivity contribution is 7.89. The Balaban J connectivity index is 1.98. The number of aromatic amines is 1. The van der Waals surface area contributed by atoms with Crippen LogP contribution in [0.5, 0.6) is 0 Å². The maximum absolute atomic E-state index is 12.2. The summed E-state index contributed by atoms with van der Waals surface area (Å²) in [5.41, 5.74) is 5.69. The van der Waals surface area contributed by atoms with Crippen LogP contribution in [0.2, 0.25) is 0 Å². The van der Waals surface area contributed by atoms with E-state index in [9.17, 15) is 8.42 Å². The zero-order valence-corrected chi connectivity index (χ0v) is 13.0. The lowest BCUT2D eigenvalue weighted by molar-refractivity contribution is 0.100. The monoisotopic (exact) mass is 301 g/mol. The van der Waals surface area contributed by atoms with Gasteiger partial charge < -0.3 is 5.73 Å². The Kier molecular flexibility index (Phi) is 4.08. The van der Waals surface area contributed by atoms with E-state index in [1.54, 1.807) is 0 Å². The molecule has 1 saturated heterocycles. The van der Waals surface area contributed by atoms with Crippen LogP contribution in [0.4, 0.5) is 5.82 Å². The van der Waals surface area contributed by atoms with Gasteiger partial charge in [0.1, 0.15) is 10.7 Å². The normalized spacial score (nSPS) is 19.4. The molecule has 8 heteroatoms. The Bertz CT molecular complexity index is 553. The lowest BCUT2D eigenvalue weighted by atomic mass is 9.99. The van der Waals surface area contributed by atoms with Crippen molar-refractivity contribution in [3.63, 3.8) is 0 Å². The smallest absolute Gasteiger partial charge is 0.246 e. The number of nitrogens with zero attached hydrogens (tertiary/aromatic N) is 2. The molecule has 0 atom stereocenters. The molecule has 1 fully saturated rings. The Hall–Kier alpha value is -1.12. The van der Waals surface area contributed by atoms with Gasteiger partial charge in [-0.2, -0.15) is 5.10 Å². The molecule has 1 aromatic heterocycles. The first kappa shape index (κ1) is 15.3. The van der Waals surface area contributed by atoms with Crippen molar-refractivity contribution >= 4 is 15.8 Å². The molecule has 1 aliphatic rings. The van der Waals surface area contributed by atoms with E-state index in [1.807, 2.05) is 0 Å². The molecule has 0 aromatic carbocycles. The number of hydrogen-bond donors (Lipinski definition) is 3. The van der Waals surface area contributed by atoms with Gasteiger partial charge in [0.25, 0.3) is 0 Å². The molecule has 0 unspecified atom stereocenters. The van der Waals surface area contributed by atoms with Gasteiger partial charge in [0.2, 0.25) is 10.0 Å². The maximum Gasteiger partial charge on any atom is 0.246 e. The SMILES string of the molecule is CC(C)(C)N1CCC(NS(=O)(=O)c2cn[nH]c2N)CC1. The molecular formula is C12H23N5O2S. The van der Waals surface area contributed by atoms with Crippen molar-refractivity contribution in [1.29, 1.82) is 0 Å². The molecule has 1 aromatic rings. The summed E-state index contributed by atoms with van der Waals surface area (Å²) in [5, 5.41) is 6.09. The van der Waals surface area contributed by atoms with Crippen molar-refractivity contribution in [3.8, 4) is 0 Å². The number of rotatable bonds is 3. The molecule has 7 nitrogen and oxygen atoms in total. The number of hydrogen-bond acceptors (Lipinski definition) is 5. The maximum atomic E-state index is 12.2. The zero-order valence-electron chi connectivity index (χ0n) is 12.2. The van der Waals surface area contributed by atoms with E-state index in [2.05, 4.69) is 40.6 Å². The summed E-state index contributed by atoms with van der Waals surface area (Å²) in [4.78, 5) is 2.39. The molecule has 0 spiro atoms. The van der Waals surface area contributed by atoms with E-state index in [0.29, 0.717) is 0 Å². The first-order chi connectivity index (χ1) is 9.20. The van der Waals surface area contributed by atoms with Crippen LogP contribution in [0.3, 0.4) is 0 Å². The number of anilines is 1. The van der Waals surface area contributed by atoms with Crippen LogP contribution in [0.25, 0.3) is 0 Å². The van der Waals surface area contributed by atoms with E-state index >= 15 is 0 Å². The van der Waals surface area contributed by atoms with Crippen LogP contribution in [0.1, 0.15) is 33.6 Å². The fraction of sp³-hybridized carbons (Fsp3) is 0.750. The van der Waals surface area contributed by atoms with Crippen LogP contribution in [-0.4, -0.2) is 48.2 Å². The molecule has 0 radical (unpaired) electrons. The topological polar surface area (TPSA) is 104 Å². The van der Waals surface area contributed by atoms with Crippen LogP contribution in [-0.2, 0) is 10.0 Å². The summed E-state index contributed by atoms with van der Waals surface area (Å²) in [6.45, 7) is 8.28. The minimum absolute atomic E-state index is 0.0238. The minimum atomic E-state index is -3.59.